The van der Waals surface area contributed by atoms with Crippen molar-refractivity contribution in [2.75, 3.05) is 21.3 Å². The fourth-order valence-corrected chi connectivity index (χ4v) is 6.02. The highest BCUT2D eigenvalue weighted by molar-refractivity contribution is 5.92. The standard InChI is InChI=1S/C23H25FO4.C15H17FO3.2CH4/c1-23(2)11-5-6-19(23)18-12-16(22(25)27-4)13-20(24)21(18)28-14-15-7-9-17(26-3)10-8-15;1-15(2)6-4-5-11(15)10-7-9(14(18)19-3)8-12(16)13(10)17;;/h6-10,12-13H,5,11,14H2,1-4H3;5,7-8,17H,4,6H2,1-3H3;2*1H4. The van der Waals surface area contributed by atoms with Gasteiger partial charge in [0.15, 0.2) is 23.1 Å². The summed E-state index contributed by atoms with van der Waals surface area (Å²) < 4.78 is 49.1. The van der Waals surface area contributed by atoms with Crippen molar-refractivity contribution in [1.82, 2.24) is 0 Å². The molecule has 0 aromatic heterocycles. The molecule has 0 fully saturated rings. The van der Waals surface area contributed by atoms with Crippen LogP contribution in [0.3, 0.4) is 0 Å². The zero-order valence-electron chi connectivity index (χ0n) is 28.0. The van der Waals surface area contributed by atoms with E-state index >= 15 is 0 Å². The van der Waals surface area contributed by atoms with Gasteiger partial charge in [0.2, 0.25) is 0 Å². The minimum absolute atomic E-state index is 0. The molecule has 1 N–H and O–H groups in total. The number of benzene rings is 3. The second kappa shape index (κ2) is 16.6. The number of phenolic OH excluding ortho intramolecular Hbond substituents is 1. The van der Waals surface area contributed by atoms with E-state index in [2.05, 4.69) is 24.7 Å². The molecule has 49 heavy (non-hydrogen) atoms. The summed E-state index contributed by atoms with van der Waals surface area (Å²) >= 11 is 0. The summed E-state index contributed by atoms with van der Waals surface area (Å²) in [5, 5.41) is 9.90. The van der Waals surface area contributed by atoms with Gasteiger partial charge < -0.3 is 24.1 Å². The normalized spacial score (nSPS) is 15.3. The van der Waals surface area contributed by atoms with Crippen LogP contribution < -0.4 is 9.47 Å². The first-order chi connectivity index (χ1) is 22.2. The highest BCUT2D eigenvalue weighted by Crippen LogP contribution is 2.48. The molecule has 0 saturated heterocycles. The van der Waals surface area contributed by atoms with Crippen LogP contribution in [0.2, 0.25) is 0 Å². The fraction of sp³-hybridized carbons (Fsp3) is 0.400. The Labute approximate surface area is 289 Å². The Kier molecular flexibility index (Phi) is 13.8. The van der Waals surface area contributed by atoms with Gasteiger partial charge in [-0.15, -0.1) is 0 Å². The van der Waals surface area contributed by atoms with E-state index in [1.807, 2.05) is 44.2 Å². The number of ether oxygens (including phenoxy) is 4. The van der Waals surface area contributed by atoms with Crippen LogP contribution in [0.25, 0.3) is 11.1 Å². The number of hydrogen-bond acceptors (Lipinski definition) is 7. The van der Waals surface area contributed by atoms with Gasteiger partial charge in [-0.3, -0.25) is 0 Å². The van der Waals surface area contributed by atoms with E-state index < -0.39 is 29.3 Å². The van der Waals surface area contributed by atoms with Gasteiger partial charge in [0, 0.05) is 11.1 Å². The number of halogens is 2. The van der Waals surface area contributed by atoms with E-state index in [0.29, 0.717) is 11.1 Å². The van der Waals surface area contributed by atoms with Crippen molar-refractivity contribution in [3.63, 3.8) is 0 Å². The van der Waals surface area contributed by atoms with Gasteiger partial charge in [-0.1, -0.05) is 66.8 Å². The van der Waals surface area contributed by atoms with E-state index in [-0.39, 0.29) is 49.2 Å². The molecule has 2 aliphatic carbocycles. The summed E-state index contributed by atoms with van der Waals surface area (Å²) in [6, 6.07) is 12.7. The monoisotopic (exact) mass is 680 g/mol. The SMILES string of the molecule is C.C.COC(=O)c1cc(F)c(O)c(C2=CCCC2(C)C)c1.COC(=O)c1cc(F)c(OCc2ccc(OC)cc2)c(C2=CCCC2(C)C)c1. The number of phenols is 1. The van der Waals surface area contributed by atoms with Crippen LogP contribution in [0.1, 0.15) is 106 Å². The molecule has 266 valence electrons. The van der Waals surface area contributed by atoms with Gasteiger partial charge in [0.05, 0.1) is 32.5 Å². The molecule has 0 radical (unpaired) electrons. The van der Waals surface area contributed by atoms with Crippen molar-refractivity contribution in [1.29, 1.82) is 0 Å². The lowest BCUT2D eigenvalue weighted by atomic mass is 9.81. The molecule has 0 bridgehead atoms. The van der Waals surface area contributed by atoms with Gasteiger partial charge in [-0.2, -0.15) is 0 Å². The highest BCUT2D eigenvalue weighted by Gasteiger charge is 2.33. The molecular formula is C40H50F2O7. The van der Waals surface area contributed by atoms with E-state index in [1.165, 1.54) is 26.4 Å². The summed E-state index contributed by atoms with van der Waals surface area (Å²) in [4.78, 5) is 23.5. The predicted molar refractivity (Wildman–Crippen MR) is 190 cm³/mol. The highest BCUT2D eigenvalue weighted by atomic mass is 19.1. The van der Waals surface area contributed by atoms with Crippen molar-refractivity contribution in [3.05, 3.63) is 100 Å². The van der Waals surface area contributed by atoms with E-state index in [0.717, 1.165) is 54.2 Å². The summed E-state index contributed by atoms with van der Waals surface area (Å²) in [6.07, 6.45) is 7.76. The number of carbonyl (C=O) groups excluding carboxylic acids is 2. The Balaban J connectivity index is 0.000000349. The average molecular weight is 681 g/mol. The molecule has 9 heteroatoms. The third-order valence-electron chi connectivity index (χ3n) is 8.77. The summed E-state index contributed by atoms with van der Waals surface area (Å²) in [7, 11) is 4.13. The molecule has 5 rings (SSSR count). The van der Waals surface area contributed by atoms with Crippen LogP contribution in [-0.2, 0) is 16.1 Å². The predicted octanol–water partition coefficient (Wildman–Crippen LogP) is 10.2. The van der Waals surface area contributed by atoms with Crippen molar-refractivity contribution < 1.29 is 42.4 Å². The lowest BCUT2D eigenvalue weighted by Crippen LogP contribution is -2.12. The Hall–Kier alpha value is -4.66. The number of rotatable bonds is 8. The van der Waals surface area contributed by atoms with E-state index in [1.54, 1.807) is 13.2 Å². The Morgan fingerprint density at radius 2 is 1.20 bits per heavy atom. The number of carbonyl (C=O) groups is 2. The minimum Gasteiger partial charge on any atom is -0.504 e. The van der Waals surface area contributed by atoms with Crippen molar-refractivity contribution >= 4 is 23.1 Å². The van der Waals surface area contributed by atoms with Gasteiger partial charge in [0.25, 0.3) is 0 Å². The lowest BCUT2D eigenvalue weighted by Gasteiger charge is -2.25. The van der Waals surface area contributed by atoms with Crippen LogP contribution >= 0.6 is 0 Å². The zero-order chi connectivity index (χ0) is 34.5. The number of methoxy groups -OCH3 is 3. The number of aromatic hydroxyl groups is 1. The van der Waals surface area contributed by atoms with E-state index in [4.69, 9.17) is 14.2 Å². The summed E-state index contributed by atoms with van der Waals surface area (Å²) in [5.74, 6) is -2.07. The minimum atomic E-state index is -0.804. The number of allylic oxidation sites excluding steroid dienone is 4. The number of esters is 2. The molecule has 0 spiro atoms. The lowest BCUT2D eigenvalue weighted by molar-refractivity contribution is 0.0591. The number of hydrogen-bond donors (Lipinski definition) is 1. The van der Waals surface area contributed by atoms with Gasteiger partial charge in [-0.25, -0.2) is 18.4 Å². The van der Waals surface area contributed by atoms with Crippen molar-refractivity contribution in [3.8, 4) is 17.2 Å². The molecule has 7 nitrogen and oxygen atoms in total. The Morgan fingerprint density at radius 1 is 0.735 bits per heavy atom. The molecular weight excluding hydrogens is 630 g/mol. The first-order valence-electron chi connectivity index (χ1n) is 15.4. The zero-order valence-corrected chi connectivity index (χ0v) is 28.0. The largest absolute Gasteiger partial charge is 0.504 e. The molecule has 3 aromatic carbocycles. The average Bonchev–Trinajstić information content (AvgIpc) is 3.60. The summed E-state index contributed by atoms with van der Waals surface area (Å²) in [5.41, 5.74) is 3.75. The third-order valence-corrected chi connectivity index (χ3v) is 8.77. The van der Waals surface area contributed by atoms with Crippen molar-refractivity contribution in [2.24, 2.45) is 10.8 Å². The van der Waals surface area contributed by atoms with Crippen LogP contribution in [0.15, 0.2) is 60.7 Å². The fourth-order valence-electron chi connectivity index (χ4n) is 6.02. The van der Waals surface area contributed by atoms with Gasteiger partial charge >= 0.3 is 11.9 Å². The Bertz CT molecular complexity index is 1700. The van der Waals surface area contributed by atoms with Gasteiger partial charge in [-0.05, 0) is 89.6 Å². The van der Waals surface area contributed by atoms with E-state index in [9.17, 15) is 23.5 Å². The third kappa shape index (κ3) is 9.08. The topological polar surface area (TPSA) is 91.3 Å². The summed E-state index contributed by atoms with van der Waals surface area (Å²) in [6.45, 7) is 8.50. The quantitative estimate of drug-likeness (QED) is 0.237. The van der Waals surface area contributed by atoms with Crippen LogP contribution in [0, 0.1) is 22.5 Å². The van der Waals surface area contributed by atoms with Crippen LogP contribution in [0.4, 0.5) is 8.78 Å². The van der Waals surface area contributed by atoms with Crippen molar-refractivity contribution in [2.45, 2.75) is 74.8 Å². The first-order valence-corrected chi connectivity index (χ1v) is 15.4. The second-order valence-electron chi connectivity index (χ2n) is 12.9. The van der Waals surface area contributed by atoms with Gasteiger partial charge in [0.1, 0.15) is 12.4 Å². The molecule has 3 aromatic rings. The van der Waals surface area contributed by atoms with Crippen LogP contribution in [0.5, 0.6) is 17.2 Å². The molecule has 0 heterocycles. The molecule has 2 aliphatic rings. The molecule has 0 unspecified atom stereocenters. The second-order valence-corrected chi connectivity index (χ2v) is 12.9. The maximum Gasteiger partial charge on any atom is 0.337 e. The Morgan fingerprint density at radius 3 is 1.65 bits per heavy atom. The molecule has 0 saturated carbocycles. The smallest absolute Gasteiger partial charge is 0.337 e. The van der Waals surface area contributed by atoms with Crippen LogP contribution in [-0.4, -0.2) is 38.4 Å². The first kappa shape index (κ1) is 40.5. The maximum absolute atomic E-state index is 15.0. The molecule has 0 aliphatic heterocycles. The molecule has 0 amide bonds. The maximum atomic E-state index is 15.0. The molecule has 0 atom stereocenters.